The van der Waals surface area contributed by atoms with Crippen molar-refractivity contribution in [3.8, 4) is 0 Å². The summed E-state index contributed by atoms with van der Waals surface area (Å²) in [6.07, 6.45) is 3.75. The Balaban J connectivity index is 1.29. The second-order valence-electron chi connectivity index (χ2n) is 6.88. The van der Waals surface area contributed by atoms with Crippen LogP contribution >= 0.6 is 0 Å². The number of fused-ring (bicyclic) bond motifs is 1. The maximum atomic E-state index is 11.8. The first kappa shape index (κ1) is 17.5. The molecule has 3 heterocycles. The lowest BCUT2D eigenvalue weighted by Gasteiger charge is -2.16. The molecule has 0 atom stereocenters. The van der Waals surface area contributed by atoms with E-state index in [0.717, 1.165) is 61.2 Å². The molecule has 27 heavy (non-hydrogen) atoms. The molecule has 142 valence electrons. The molecule has 0 bridgehead atoms. The lowest BCUT2D eigenvalue weighted by Crippen LogP contribution is -2.37. The summed E-state index contributed by atoms with van der Waals surface area (Å²) in [5.41, 5.74) is 2.11. The van der Waals surface area contributed by atoms with Crippen molar-refractivity contribution in [3.63, 3.8) is 0 Å². The predicted octanol–water partition coefficient (Wildman–Crippen LogP) is 1.22. The summed E-state index contributed by atoms with van der Waals surface area (Å²) in [6.45, 7) is 3.07. The minimum atomic E-state index is 0.213. The van der Waals surface area contributed by atoms with Gasteiger partial charge < -0.3 is 20.1 Å². The number of carbonyl (C=O) groups is 1. The lowest BCUT2D eigenvalue weighted by molar-refractivity contribution is -0.117. The van der Waals surface area contributed by atoms with Crippen LogP contribution in [0.1, 0.15) is 36.5 Å². The number of benzene rings is 1. The van der Waals surface area contributed by atoms with Crippen molar-refractivity contribution in [1.29, 1.82) is 0 Å². The molecule has 1 aromatic heterocycles. The first-order valence-corrected chi connectivity index (χ1v) is 9.49. The summed E-state index contributed by atoms with van der Waals surface area (Å²) in [5.74, 6) is 2.96. The molecule has 8 heteroatoms. The van der Waals surface area contributed by atoms with Gasteiger partial charge >= 0.3 is 0 Å². The Morgan fingerprint density at radius 2 is 1.85 bits per heavy atom. The van der Waals surface area contributed by atoms with Gasteiger partial charge in [-0.1, -0.05) is 12.1 Å². The fourth-order valence-corrected chi connectivity index (χ4v) is 3.63. The average molecular weight is 367 g/mol. The van der Waals surface area contributed by atoms with E-state index in [2.05, 4.69) is 30.4 Å². The van der Waals surface area contributed by atoms with Gasteiger partial charge in [0.1, 0.15) is 5.82 Å². The van der Waals surface area contributed by atoms with Crippen molar-refractivity contribution < 1.29 is 4.79 Å². The Morgan fingerprint density at radius 1 is 1.07 bits per heavy atom. The van der Waals surface area contributed by atoms with Gasteiger partial charge in [-0.25, -0.2) is 0 Å². The van der Waals surface area contributed by atoms with Crippen molar-refractivity contribution in [2.75, 3.05) is 18.5 Å². The van der Waals surface area contributed by atoms with Crippen LogP contribution in [0.15, 0.2) is 29.3 Å². The van der Waals surface area contributed by atoms with Gasteiger partial charge in [-0.15, -0.1) is 10.2 Å². The van der Waals surface area contributed by atoms with Gasteiger partial charge in [0.05, 0.1) is 6.54 Å². The van der Waals surface area contributed by atoms with Crippen LogP contribution in [0.25, 0.3) is 0 Å². The number of aromatic nitrogens is 3. The summed E-state index contributed by atoms with van der Waals surface area (Å²) < 4.78 is 2.18. The highest BCUT2D eigenvalue weighted by Crippen LogP contribution is 2.21. The highest BCUT2D eigenvalue weighted by molar-refractivity contribution is 5.95. The van der Waals surface area contributed by atoms with E-state index in [1.807, 2.05) is 29.2 Å². The molecule has 0 radical (unpaired) electrons. The second kappa shape index (κ2) is 7.77. The number of hydrogen-bond donors (Lipinski definition) is 2. The van der Waals surface area contributed by atoms with E-state index in [1.54, 1.807) is 7.05 Å². The minimum Gasteiger partial charge on any atom is -0.352 e. The largest absolute Gasteiger partial charge is 0.352 e. The van der Waals surface area contributed by atoms with Crippen LogP contribution in [0.2, 0.25) is 0 Å². The molecule has 0 unspecified atom stereocenters. The molecular weight excluding hydrogens is 342 g/mol. The third-order valence-electron chi connectivity index (χ3n) is 5.11. The molecule has 2 aliphatic heterocycles. The van der Waals surface area contributed by atoms with Crippen LogP contribution in [0.3, 0.4) is 0 Å². The fraction of sp³-hybridized carbons (Fsp3) is 0.474. The highest BCUT2D eigenvalue weighted by Gasteiger charge is 2.21. The van der Waals surface area contributed by atoms with E-state index in [1.165, 1.54) is 0 Å². The number of aliphatic imine (C=N–C) groups is 1. The molecule has 4 rings (SSSR count). The maximum absolute atomic E-state index is 11.8. The van der Waals surface area contributed by atoms with Gasteiger partial charge in [0.15, 0.2) is 11.8 Å². The Bertz CT molecular complexity index is 840. The van der Waals surface area contributed by atoms with Gasteiger partial charge in [-0.3, -0.25) is 9.79 Å². The van der Waals surface area contributed by atoms with Crippen LogP contribution < -0.4 is 15.5 Å². The summed E-state index contributed by atoms with van der Waals surface area (Å²) in [7, 11) is 1.76. The van der Waals surface area contributed by atoms with E-state index in [9.17, 15) is 4.79 Å². The molecule has 1 fully saturated rings. The van der Waals surface area contributed by atoms with Crippen molar-refractivity contribution in [1.82, 2.24) is 25.4 Å². The lowest BCUT2D eigenvalue weighted by atomic mass is 10.2. The van der Waals surface area contributed by atoms with Crippen LogP contribution in [-0.2, 0) is 30.8 Å². The normalized spacial score (nSPS) is 16.7. The number of rotatable bonds is 5. The molecule has 1 amide bonds. The highest BCUT2D eigenvalue weighted by atomic mass is 16.2. The van der Waals surface area contributed by atoms with Crippen molar-refractivity contribution in [3.05, 3.63) is 41.5 Å². The average Bonchev–Trinajstić information content (AvgIpc) is 3.40. The van der Waals surface area contributed by atoms with Gasteiger partial charge in [-0.2, -0.15) is 0 Å². The number of anilines is 1. The number of carbonyl (C=O) groups excluding carboxylic acids is 1. The van der Waals surface area contributed by atoms with E-state index in [-0.39, 0.29) is 5.91 Å². The summed E-state index contributed by atoms with van der Waals surface area (Å²) in [5, 5.41) is 15.1. The van der Waals surface area contributed by atoms with Crippen molar-refractivity contribution >= 4 is 17.6 Å². The summed E-state index contributed by atoms with van der Waals surface area (Å²) in [6, 6.07) is 8.12. The Labute approximate surface area is 158 Å². The van der Waals surface area contributed by atoms with Gasteiger partial charge in [0, 0.05) is 45.2 Å². The second-order valence-corrected chi connectivity index (χ2v) is 6.88. The number of amides is 1. The van der Waals surface area contributed by atoms with Gasteiger partial charge in [0.25, 0.3) is 0 Å². The zero-order chi connectivity index (χ0) is 18.6. The number of nitrogens with zero attached hydrogens (tertiary/aromatic N) is 5. The quantitative estimate of drug-likeness (QED) is 0.613. The summed E-state index contributed by atoms with van der Waals surface area (Å²) >= 11 is 0. The number of aryl methyl sites for hydroxylation is 1. The zero-order valence-corrected chi connectivity index (χ0v) is 15.6. The zero-order valence-electron chi connectivity index (χ0n) is 15.6. The summed E-state index contributed by atoms with van der Waals surface area (Å²) in [4.78, 5) is 18.0. The monoisotopic (exact) mass is 367 g/mol. The van der Waals surface area contributed by atoms with E-state index in [0.29, 0.717) is 19.5 Å². The van der Waals surface area contributed by atoms with Crippen molar-refractivity contribution in [2.24, 2.45) is 4.99 Å². The fourth-order valence-electron chi connectivity index (χ4n) is 3.63. The molecule has 1 saturated heterocycles. The van der Waals surface area contributed by atoms with Gasteiger partial charge in [-0.05, 0) is 30.5 Å². The Hall–Kier alpha value is -2.90. The maximum Gasteiger partial charge on any atom is 0.227 e. The smallest absolute Gasteiger partial charge is 0.227 e. The predicted molar refractivity (Wildman–Crippen MR) is 103 cm³/mol. The van der Waals surface area contributed by atoms with Crippen LogP contribution in [0.4, 0.5) is 5.69 Å². The molecular formula is C19H25N7O. The third-order valence-corrected chi connectivity index (χ3v) is 5.11. The first-order valence-electron chi connectivity index (χ1n) is 9.49. The standard InChI is InChI=1S/C19H25N7O/c1-20-19(22-13-17-24-23-16-4-2-11-26(16)17)21-12-14-6-8-15(9-7-14)25-10-3-5-18(25)27/h6-9H,2-5,10-13H2,1H3,(H2,20,21,22). The number of nitrogens with one attached hydrogen (secondary N) is 2. The van der Waals surface area contributed by atoms with Gasteiger partial charge in [0.2, 0.25) is 5.91 Å². The van der Waals surface area contributed by atoms with Crippen LogP contribution in [-0.4, -0.2) is 40.2 Å². The SMILES string of the molecule is CN=C(NCc1ccc(N2CCCC2=O)cc1)NCc1nnc2n1CCC2. The first-order chi connectivity index (χ1) is 13.2. The van der Waals surface area contributed by atoms with E-state index < -0.39 is 0 Å². The molecule has 0 spiro atoms. The van der Waals surface area contributed by atoms with Crippen molar-refractivity contribution in [2.45, 2.75) is 45.3 Å². The van der Waals surface area contributed by atoms with Crippen LogP contribution in [0, 0.1) is 0 Å². The molecule has 1 aromatic carbocycles. The van der Waals surface area contributed by atoms with E-state index >= 15 is 0 Å². The molecule has 2 N–H and O–H groups in total. The third kappa shape index (κ3) is 3.79. The molecule has 0 aliphatic carbocycles. The number of hydrogen-bond acceptors (Lipinski definition) is 4. The Kier molecular flexibility index (Phi) is 5.04. The van der Waals surface area contributed by atoms with Crippen LogP contribution in [0.5, 0.6) is 0 Å². The topological polar surface area (TPSA) is 87.4 Å². The molecule has 0 saturated carbocycles. The molecule has 2 aliphatic rings. The number of guanidine groups is 1. The minimum absolute atomic E-state index is 0.213. The Morgan fingerprint density at radius 3 is 2.59 bits per heavy atom. The molecule has 2 aromatic rings. The van der Waals surface area contributed by atoms with E-state index in [4.69, 9.17) is 0 Å². The molecule has 8 nitrogen and oxygen atoms in total.